The normalized spacial score (nSPS) is 10.2. The van der Waals surface area contributed by atoms with E-state index in [-0.39, 0.29) is 5.82 Å². The summed E-state index contributed by atoms with van der Waals surface area (Å²) < 4.78 is 18.0. The van der Waals surface area contributed by atoms with Crippen LogP contribution < -0.4 is 15.4 Å². The van der Waals surface area contributed by atoms with E-state index >= 15 is 0 Å². The second kappa shape index (κ2) is 7.10. The van der Waals surface area contributed by atoms with E-state index in [0.717, 1.165) is 17.0 Å². The highest BCUT2D eigenvalue weighted by Crippen LogP contribution is 2.27. The molecule has 3 rings (SSSR count). The maximum Gasteiger partial charge on any atom is 0.325 e. The number of carbonyl (C=O) groups is 1. The van der Waals surface area contributed by atoms with Crippen LogP contribution in [0.4, 0.5) is 20.0 Å². The summed E-state index contributed by atoms with van der Waals surface area (Å²) in [7, 11) is 1.60. The summed E-state index contributed by atoms with van der Waals surface area (Å²) in [6.07, 6.45) is 0. The fourth-order valence-electron chi connectivity index (χ4n) is 2.04. The summed E-state index contributed by atoms with van der Waals surface area (Å²) in [4.78, 5) is 16.3. The van der Waals surface area contributed by atoms with E-state index in [4.69, 9.17) is 4.74 Å². The van der Waals surface area contributed by atoms with Gasteiger partial charge in [0.2, 0.25) is 0 Å². The number of nitrogens with zero attached hydrogens (tertiary/aromatic N) is 1. The van der Waals surface area contributed by atoms with Gasteiger partial charge >= 0.3 is 6.03 Å². The standard InChI is InChI=1S/C17H14FN3O2S/c1-23-14-4-2-3-11(9-14)15-10-24-17(20-15)21-16(22)19-13-7-5-12(18)6-8-13/h2-10H,1H3,(H2,19,20,21,22). The molecule has 0 aliphatic rings. The Hall–Kier alpha value is -2.93. The number of ether oxygens (including phenoxy) is 1. The molecule has 5 nitrogen and oxygen atoms in total. The van der Waals surface area contributed by atoms with Crippen molar-refractivity contribution in [2.24, 2.45) is 0 Å². The second-order valence-electron chi connectivity index (χ2n) is 4.86. The van der Waals surface area contributed by atoms with Crippen LogP contribution in [0.3, 0.4) is 0 Å². The van der Waals surface area contributed by atoms with Crippen LogP contribution in [-0.4, -0.2) is 18.1 Å². The van der Waals surface area contributed by atoms with Crippen molar-refractivity contribution < 1.29 is 13.9 Å². The molecule has 122 valence electrons. The Morgan fingerprint density at radius 1 is 1.17 bits per heavy atom. The fraction of sp³-hybridized carbons (Fsp3) is 0.0588. The molecule has 0 fully saturated rings. The highest BCUT2D eigenvalue weighted by Gasteiger charge is 2.09. The third-order valence-electron chi connectivity index (χ3n) is 3.19. The van der Waals surface area contributed by atoms with Gasteiger partial charge in [-0.3, -0.25) is 5.32 Å². The number of amides is 2. The molecule has 0 spiro atoms. The average Bonchev–Trinajstić information content (AvgIpc) is 3.05. The Morgan fingerprint density at radius 2 is 1.96 bits per heavy atom. The highest BCUT2D eigenvalue weighted by atomic mass is 32.1. The van der Waals surface area contributed by atoms with Gasteiger partial charge in [0.25, 0.3) is 0 Å². The van der Waals surface area contributed by atoms with E-state index in [9.17, 15) is 9.18 Å². The molecule has 0 saturated carbocycles. The van der Waals surface area contributed by atoms with Crippen LogP contribution in [0.2, 0.25) is 0 Å². The quantitative estimate of drug-likeness (QED) is 0.727. The molecule has 0 saturated heterocycles. The van der Waals surface area contributed by atoms with Crippen molar-refractivity contribution in [3.8, 4) is 17.0 Å². The zero-order valence-corrected chi connectivity index (χ0v) is 13.6. The SMILES string of the molecule is COc1cccc(-c2csc(NC(=O)Nc3ccc(F)cc3)n2)c1. The van der Waals surface area contributed by atoms with Crippen LogP contribution >= 0.6 is 11.3 Å². The minimum atomic E-state index is -0.437. The van der Waals surface area contributed by atoms with Gasteiger partial charge in [-0.2, -0.15) is 0 Å². The largest absolute Gasteiger partial charge is 0.497 e. The highest BCUT2D eigenvalue weighted by molar-refractivity contribution is 7.14. The van der Waals surface area contributed by atoms with Gasteiger partial charge in [-0.25, -0.2) is 14.2 Å². The molecule has 2 amide bonds. The predicted octanol–water partition coefficient (Wildman–Crippen LogP) is 4.60. The molecule has 1 aromatic heterocycles. The number of rotatable bonds is 4. The summed E-state index contributed by atoms with van der Waals surface area (Å²) in [6, 6.07) is 12.6. The lowest BCUT2D eigenvalue weighted by atomic mass is 10.2. The van der Waals surface area contributed by atoms with Gasteiger partial charge in [0.05, 0.1) is 12.8 Å². The summed E-state index contributed by atoms with van der Waals surface area (Å²) in [5.74, 6) is 0.382. The van der Waals surface area contributed by atoms with Crippen LogP contribution in [0, 0.1) is 5.82 Å². The number of thiazole rings is 1. The number of nitrogens with one attached hydrogen (secondary N) is 2. The zero-order chi connectivity index (χ0) is 16.9. The Labute approximate surface area is 142 Å². The van der Waals surface area contributed by atoms with E-state index in [1.165, 1.54) is 35.6 Å². The predicted molar refractivity (Wildman–Crippen MR) is 93.1 cm³/mol. The van der Waals surface area contributed by atoms with E-state index < -0.39 is 6.03 Å². The summed E-state index contributed by atoms with van der Waals surface area (Å²) >= 11 is 1.32. The second-order valence-corrected chi connectivity index (χ2v) is 5.71. The lowest BCUT2D eigenvalue weighted by Gasteiger charge is -2.05. The van der Waals surface area contributed by atoms with Gasteiger partial charge in [0, 0.05) is 16.6 Å². The van der Waals surface area contributed by atoms with Crippen molar-refractivity contribution in [1.82, 2.24) is 4.98 Å². The number of aromatic nitrogens is 1. The topological polar surface area (TPSA) is 63.2 Å². The van der Waals surface area contributed by atoms with Crippen LogP contribution in [-0.2, 0) is 0 Å². The summed E-state index contributed by atoms with van der Waals surface area (Å²) in [6.45, 7) is 0. The summed E-state index contributed by atoms with van der Waals surface area (Å²) in [5, 5.41) is 7.59. The van der Waals surface area contributed by atoms with Gasteiger partial charge in [0.15, 0.2) is 5.13 Å². The number of hydrogen-bond acceptors (Lipinski definition) is 4. The Morgan fingerprint density at radius 3 is 2.71 bits per heavy atom. The maximum absolute atomic E-state index is 12.8. The van der Waals surface area contributed by atoms with E-state index in [2.05, 4.69) is 15.6 Å². The monoisotopic (exact) mass is 343 g/mol. The molecule has 1 heterocycles. The van der Waals surface area contributed by atoms with Gasteiger partial charge < -0.3 is 10.1 Å². The third-order valence-corrected chi connectivity index (χ3v) is 3.95. The van der Waals surface area contributed by atoms with Gasteiger partial charge in [0.1, 0.15) is 11.6 Å². The first-order valence-corrected chi connectivity index (χ1v) is 7.95. The maximum atomic E-state index is 12.8. The number of anilines is 2. The van der Waals surface area contributed by atoms with Crippen LogP contribution in [0.25, 0.3) is 11.3 Å². The van der Waals surface area contributed by atoms with Gasteiger partial charge in [-0.1, -0.05) is 12.1 Å². The molecule has 0 unspecified atom stereocenters. The molecule has 0 radical (unpaired) electrons. The van der Waals surface area contributed by atoms with Crippen molar-refractivity contribution in [2.45, 2.75) is 0 Å². The number of carbonyl (C=O) groups excluding carboxylic acids is 1. The molecule has 0 aliphatic heterocycles. The molecular weight excluding hydrogens is 329 g/mol. The molecule has 0 aliphatic carbocycles. The molecule has 2 N–H and O–H groups in total. The van der Waals surface area contributed by atoms with Crippen molar-refractivity contribution >= 4 is 28.2 Å². The first-order chi connectivity index (χ1) is 11.6. The molecule has 2 aromatic carbocycles. The van der Waals surface area contributed by atoms with Crippen molar-refractivity contribution in [3.63, 3.8) is 0 Å². The zero-order valence-electron chi connectivity index (χ0n) is 12.7. The molecule has 0 bridgehead atoms. The molecular formula is C17H14FN3O2S. The lowest BCUT2D eigenvalue weighted by Crippen LogP contribution is -2.19. The van der Waals surface area contributed by atoms with Crippen LogP contribution in [0.5, 0.6) is 5.75 Å². The molecule has 7 heteroatoms. The number of halogens is 1. The molecule has 3 aromatic rings. The minimum absolute atomic E-state index is 0.358. The third kappa shape index (κ3) is 3.88. The summed E-state index contributed by atoms with van der Waals surface area (Å²) in [5.41, 5.74) is 2.15. The molecule has 24 heavy (non-hydrogen) atoms. The minimum Gasteiger partial charge on any atom is -0.497 e. The number of urea groups is 1. The van der Waals surface area contributed by atoms with Crippen molar-refractivity contribution in [3.05, 3.63) is 59.7 Å². The van der Waals surface area contributed by atoms with Crippen molar-refractivity contribution in [2.75, 3.05) is 17.7 Å². The van der Waals surface area contributed by atoms with Crippen LogP contribution in [0.1, 0.15) is 0 Å². The average molecular weight is 343 g/mol. The Bertz CT molecular complexity index is 849. The van der Waals surface area contributed by atoms with E-state index in [0.29, 0.717) is 10.8 Å². The Balaban J connectivity index is 1.67. The number of hydrogen-bond donors (Lipinski definition) is 2. The lowest BCUT2D eigenvalue weighted by molar-refractivity contribution is 0.262. The van der Waals surface area contributed by atoms with E-state index in [1.54, 1.807) is 7.11 Å². The number of methoxy groups -OCH3 is 1. The van der Waals surface area contributed by atoms with Crippen LogP contribution in [0.15, 0.2) is 53.9 Å². The van der Waals surface area contributed by atoms with Gasteiger partial charge in [-0.15, -0.1) is 11.3 Å². The first-order valence-electron chi connectivity index (χ1n) is 7.07. The number of benzene rings is 2. The smallest absolute Gasteiger partial charge is 0.325 e. The fourth-order valence-corrected chi connectivity index (χ4v) is 2.75. The van der Waals surface area contributed by atoms with Crippen molar-refractivity contribution in [1.29, 1.82) is 0 Å². The first kappa shape index (κ1) is 15.9. The Kier molecular flexibility index (Phi) is 4.72. The molecule has 0 atom stereocenters. The van der Waals surface area contributed by atoms with Gasteiger partial charge in [-0.05, 0) is 36.4 Å². The van der Waals surface area contributed by atoms with E-state index in [1.807, 2.05) is 29.6 Å².